The van der Waals surface area contributed by atoms with Crippen molar-refractivity contribution in [3.63, 3.8) is 0 Å². The summed E-state index contributed by atoms with van der Waals surface area (Å²) >= 11 is 1.79. The maximum absolute atomic E-state index is 5.82. The fourth-order valence-corrected chi connectivity index (χ4v) is 2.59. The zero-order chi connectivity index (χ0) is 11.9. The Hall–Kier alpha value is -1.15. The number of hydrogen-bond donors (Lipinski definition) is 0. The first-order valence-corrected chi connectivity index (χ1v) is 6.98. The number of rotatable bonds is 6. The van der Waals surface area contributed by atoms with Crippen molar-refractivity contribution >= 4 is 11.8 Å². The summed E-state index contributed by atoms with van der Waals surface area (Å²) in [4.78, 5) is 2.53. The summed E-state index contributed by atoms with van der Waals surface area (Å²) in [5.74, 6) is 1.01. The van der Waals surface area contributed by atoms with Crippen LogP contribution in [0.1, 0.15) is 26.2 Å². The van der Waals surface area contributed by atoms with Gasteiger partial charge in [0, 0.05) is 4.91 Å². The minimum Gasteiger partial charge on any atom is -0.492 e. The van der Waals surface area contributed by atoms with Gasteiger partial charge in [0.2, 0.25) is 0 Å². The van der Waals surface area contributed by atoms with Crippen molar-refractivity contribution in [2.75, 3.05) is 6.61 Å². The summed E-state index contributed by atoms with van der Waals surface area (Å²) < 4.78 is 5.82. The van der Waals surface area contributed by atoms with Gasteiger partial charge in [0.1, 0.15) is 5.75 Å². The number of para-hydroxylation sites is 1. The van der Waals surface area contributed by atoms with Gasteiger partial charge in [0.25, 0.3) is 0 Å². The van der Waals surface area contributed by atoms with Gasteiger partial charge in [-0.3, -0.25) is 0 Å². The van der Waals surface area contributed by atoms with E-state index in [4.69, 9.17) is 4.74 Å². The van der Waals surface area contributed by atoms with Crippen molar-refractivity contribution in [2.24, 2.45) is 0 Å². The number of ether oxygens (including phenoxy) is 1. The lowest BCUT2D eigenvalue weighted by atomic mass is 10.3. The molecule has 0 saturated carbocycles. The van der Waals surface area contributed by atoms with Crippen molar-refractivity contribution in [2.45, 2.75) is 31.1 Å². The summed E-state index contributed by atoms with van der Waals surface area (Å²) in [6.45, 7) is 2.99. The molecule has 0 spiro atoms. The van der Waals surface area contributed by atoms with Crippen molar-refractivity contribution < 1.29 is 4.74 Å². The molecule has 0 unspecified atom stereocenters. The molecule has 0 aliphatic heterocycles. The SMILES string of the molecule is CCCCOc1ccccc1SC1=CCC=C1. The average molecular weight is 246 g/mol. The second-order valence-corrected chi connectivity index (χ2v) is 5.11. The molecule has 1 aliphatic rings. The van der Waals surface area contributed by atoms with E-state index in [0.29, 0.717) is 0 Å². The van der Waals surface area contributed by atoms with Crippen LogP contribution in [-0.4, -0.2) is 6.61 Å². The molecule has 0 N–H and O–H groups in total. The molecule has 2 rings (SSSR count). The van der Waals surface area contributed by atoms with Crippen molar-refractivity contribution in [3.05, 3.63) is 47.4 Å². The number of allylic oxidation sites excluding steroid dienone is 3. The first-order chi connectivity index (χ1) is 8.40. The van der Waals surface area contributed by atoms with Gasteiger partial charge < -0.3 is 4.74 Å². The standard InChI is InChI=1S/C15H18OS/c1-2-3-12-16-14-10-6-7-11-15(14)17-13-8-4-5-9-13/h4,6-11H,2-3,5,12H2,1H3. The molecule has 0 saturated heterocycles. The normalized spacial score (nSPS) is 13.8. The van der Waals surface area contributed by atoms with Crippen molar-refractivity contribution in [1.82, 2.24) is 0 Å². The maximum Gasteiger partial charge on any atom is 0.133 e. The molecule has 2 heteroatoms. The highest BCUT2D eigenvalue weighted by Crippen LogP contribution is 2.36. The van der Waals surface area contributed by atoms with E-state index in [-0.39, 0.29) is 0 Å². The second-order valence-electron chi connectivity index (χ2n) is 4.00. The quantitative estimate of drug-likeness (QED) is 0.667. The van der Waals surface area contributed by atoms with Crippen LogP contribution in [0.4, 0.5) is 0 Å². The largest absolute Gasteiger partial charge is 0.492 e. The molecule has 90 valence electrons. The van der Waals surface area contributed by atoms with Crippen LogP contribution in [-0.2, 0) is 0 Å². The predicted molar refractivity (Wildman–Crippen MR) is 74.5 cm³/mol. The highest BCUT2D eigenvalue weighted by atomic mass is 32.2. The third-order valence-electron chi connectivity index (χ3n) is 2.57. The highest BCUT2D eigenvalue weighted by molar-refractivity contribution is 8.03. The third kappa shape index (κ3) is 3.67. The Kier molecular flexibility index (Phi) is 4.75. The van der Waals surface area contributed by atoms with Gasteiger partial charge >= 0.3 is 0 Å². The van der Waals surface area contributed by atoms with Gasteiger partial charge in [-0.1, -0.05) is 55.5 Å². The molecule has 0 heterocycles. The highest BCUT2D eigenvalue weighted by Gasteiger charge is 2.06. The monoisotopic (exact) mass is 246 g/mol. The average Bonchev–Trinajstić information content (AvgIpc) is 2.84. The van der Waals surface area contributed by atoms with Crippen LogP contribution in [0.3, 0.4) is 0 Å². The summed E-state index contributed by atoms with van der Waals surface area (Å²) in [7, 11) is 0. The molecule has 0 atom stereocenters. The second kappa shape index (κ2) is 6.55. The van der Waals surface area contributed by atoms with Crippen LogP contribution in [0.25, 0.3) is 0 Å². The van der Waals surface area contributed by atoms with Crippen molar-refractivity contribution in [3.8, 4) is 5.75 Å². The number of unbranched alkanes of at least 4 members (excludes halogenated alkanes) is 1. The fraction of sp³-hybridized carbons (Fsp3) is 0.333. The Balaban J connectivity index is 2.02. The first-order valence-electron chi connectivity index (χ1n) is 6.16. The van der Waals surface area contributed by atoms with E-state index < -0.39 is 0 Å². The Morgan fingerprint density at radius 3 is 2.94 bits per heavy atom. The fourth-order valence-electron chi connectivity index (χ4n) is 1.62. The van der Waals surface area contributed by atoms with Crippen molar-refractivity contribution in [1.29, 1.82) is 0 Å². The summed E-state index contributed by atoms with van der Waals surface area (Å²) in [6.07, 6.45) is 9.94. The summed E-state index contributed by atoms with van der Waals surface area (Å²) in [5, 5.41) is 0. The molecular formula is C15H18OS. The Morgan fingerprint density at radius 2 is 2.18 bits per heavy atom. The lowest BCUT2D eigenvalue weighted by molar-refractivity contribution is 0.302. The van der Waals surface area contributed by atoms with E-state index in [2.05, 4.69) is 43.4 Å². The Labute approximate surface area is 108 Å². The summed E-state index contributed by atoms with van der Waals surface area (Å²) in [6, 6.07) is 8.27. The molecule has 0 radical (unpaired) electrons. The molecule has 17 heavy (non-hydrogen) atoms. The van der Waals surface area contributed by atoms with Crippen LogP contribution in [0.5, 0.6) is 5.75 Å². The van der Waals surface area contributed by atoms with E-state index in [0.717, 1.165) is 25.2 Å². The minimum absolute atomic E-state index is 0.808. The molecule has 1 aromatic carbocycles. The van der Waals surface area contributed by atoms with Crippen LogP contribution in [0, 0.1) is 0 Å². The van der Waals surface area contributed by atoms with E-state index >= 15 is 0 Å². The molecule has 0 bridgehead atoms. The Bertz CT molecular complexity index is 421. The number of thioether (sulfide) groups is 1. The molecule has 0 aromatic heterocycles. The number of benzene rings is 1. The van der Waals surface area contributed by atoms with Gasteiger partial charge in [-0.2, -0.15) is 0 Å². The van der Waals surface area contributed by atoms with Gasteiger partial charge in [0.05, 0.1) is 11.5 Å². The molecule has 1 aromatic rings. The zero-order valence-electron chi connectivity index (χ0n) is 10.2. The molecule has 1 aliphatic carbocycles. The first kappa shape index (κ1) is 12.3. The minimum atomic E-state index is 0.808. The van der Waals surface area contributed by atoms with Crippen LogP contribution in [0.2, 0.25) is 0 Å². The van der Waals surface area contributed by atoms with E-state index in [1.807, 2.05) is 6.07 Å². The third-order valence-corrected chi connectivity index (χ3v) is 3.67. The summed E-state index contributed by atoms with van der Waals surface area (Å²) in [5.41, 5.74) is 0. The molecule has 0 amide bonds. The topological polar surface area (TPSA) is 9.23 Å². The lowest BCUT2D eigenvalue weighted by Crippen LogP contribution is -1.97. The molecular weight excluding hydrogens is 228 g/mol. The lowest BCUT2D eigenvalue weighted by Gasteiger charge is -2.10. The van der Waals surface area contributed by atoms with Gasteiger partial charge in [-0.25, -0.2) is 0 Å². The maximum atomic E-state index is 5.82. The van der Waals surface area contributed by atoms with E-state index in [1.165, 1.54) is 16.2 Å². The molecule has 0 fully saturated rings. The Morgan fingerprint density at radius 1 is 1.29 bits per heavy atom. The van der Waals surface area contributed by atoms with E-state index in [1.54, 1.807) is 11.8 Å². The van der Waals surface area contributed by atoms with Crippen LogP contribution in [0.15, 0.2) is 52.3 Å². The smallest absolute Gasteiger partial charge is 0.133 e. The van der Waals surface area contributed by atoms with Gasteiger partial charge in [-0.05, 0) is 25.0 Å². The van der Waals surface area contributed by atoms with Gasteiger partial charge in [-0.15, -0.1) is 0 Å². The van der Waals surface area contributed by atoms with E-state index in [9.17, 15) is 0 Å². The zero-order valence-corrected chi connectivity index (χ0v) is 11.0. The predicted octanol–water partition coefficient (Wildman–Crippen LogP) is 4.80. The molecule has 1 nitrogen and oxygen atoms in total. The van der Waals surface area contributed by atoms with Crippen LogP contribution < -0.4 is 4.74 Å². The number of hydrogen-bond acceptors (Lipinski definition) is 2. The van der Waals surface area contributed by atoms with Crippen LogP contribution >= 0.6 is 11.8 Å². The van der Waals surface area contributed by atoms with Gasteiger partial charge in [0.15, 0.2) is 0 Å².